The summed E-state index contributed by atoms with van der Waals surface area (Å²) in [4.78, 5) is 12.0. The minimum atomic E-state index is -0.377. The molecule has 0 radical (unpaired) electrons. The summed E-state index contributed by atoms with van der Waals surface area (Å²) in [6.45, 7) is 1.77. The maximum atomic E-state index is 12.0. The van der Waals surface area contributed by atoms with Gasteiger partial charge in [-0.15, -0.1) is 0 Å². The van der Waals surface area contributed by atoms with Gasteiger partial charge in [-0.2, -0.15) is 15.8 Å². The Bertz CT molecular complexity index is 905. The molecule has 1 aromatic carbocycles. The zero-order valence-corrected chi connectivity index (χ0v) is 12.6. The van der Waals surface area contributed by atoms with Crippen LogP contribution in [0.25, 0.3) is 0 Å². The van der Waals surface area contributed by atoms with Gasteiger partial charge in [0.05, 0.1) is 6.26 Å². The fourth-order valence-corrected chi connectivity index (χ4v) is 1.90. The van der Waals surface area contributed by atoms with Crippen LogP contribution in [0.5, 0.6) is 0 Å². The summed E-state index contributed by atoms with van der Waals surface area (Å²) in [5.41, 5.74) is 1.39. The van der Waals surface area contributed by atoms with E-state index in [-0.39, 0.29) is 22.9 Å². The number of rotatable bonds is 4. The predicted octanol–water partition coefficient (Wildman–Crippen LogP) is 3.08. The molecule has 0 saturated heterocycles. The molecule has 0 spiro atoms. The molecule has 7 heteroatoms. The second-order valence-corrected chi connectivity index (χ2v) is 4.67. The maximum absolute atomic E-state index is 12.0. The first-order chi connectivity index (χ1) is 11.6. The van der Waals surface area contributed by atoms with Crippen LogP contribution in [0.4, 0.5) is 11.4 Å². The van der Waals surface area contributed by atoms with Crippen LogP contribution in [0.3, 0.4) is 0 Å². The first kappa shape index (κ1) is 16.4. The van der Waals surface area contributed by atoms with Crippen molar-refractivity contribution >= 4 is 17.3 Å². The molecule has 2 aromatic rings. The number of benzene rings is 1. The number of carbonyl (C=O) groups excluding carboxylic acids is 1. The smallest absolute Gasteiger partial charge is 0.291 e. The van der Waals surface area contributed by atoms with E-state index in [1.165, 1.54) is 6.26 Å². The molecule has 7 nitrogen and oxygen atoms in total. The minimum Gasteiger partial charge on any atom is -0.459 e. The van der Waals surface area contributed by atoms with E-state index in [9.17, 15) is 4.79 Å². The van der Waals surface area contributed by atoms with E-state index < -0.39 is 0 Å². The van der Waals surface area contributed by atoms with E-state index in [0.29, 0.717) is 11.4 Å². The number of nitrogens with zero attached hydrogens (tertiary/aromatic N) is 3. The molecule has 1 aromatic heterocycles. The normalized spacial score (nSPS) is 9.08. The summed E-state index contributed by atoms with van der Waals surface area (Å²) in [5.74, 6) is -0.184. The second kappa shape index (κ2) is 7.31. The van der Waals surface area contributed by atoms with Crippen LogP contribution in [0.2, 0.25) is 0 Å². The SMILES string of the molecule is Cc1cc(NC(C#N)=C(C#N)C#N)ccc1NC(=O)c1ccco1. The van der Waals surface area contributed by atoms with Gasteiger partial charge in [0.15, 0.2) is 11.3 Å². The van der Waals surface area contributed by atoms with Gasteiger partial charge in [0.1, 0.15) is 23.9 Å². The van der Waals surface area contributed by atoms with Crippen molar-refractivity contribution in [3.63, 3.8) is 0 Å². The molecule has 0 unspecified atom stereocenters. The highest BCUT2D eigenvalue weighted by Crippen LogP contribution is 2.22. The van der Waals surface area contributed by atoms with Crippen molar-refractivity contribution in [3.05, 3.63) is 59.2 Å². The van der Waals surface area contributed by atoms with Crippen LogP contribution in [0, 0.1) is 40.9 Å². The minimum absolute atomic E-state index is 0.133. The largest absolute Gasteiger partial charge is 0.459 e. The first-order valence-electron chi connectivity index (χ1n) is 6.76. The molecule has 0 fully saturated rings. The number of nitriles is 3. The molecular formula is C17H11N5O2. The lowest BCUT2D eigenvalue weighted by molar-refractivity contribution is 0.0996. The Morgan fingerprint density at radius 2 is 1.83 bits per heavy atom. The molecule has 0 aliphatic rings. The Morgan fingerprint density at radius 3 is 2.38 bits per heavy atom. The lowest BCUT2D eigenvalue weighted by atomic mass is 10.1. The summed E-state index contributed by atoms with van der Waals surface area (Å²) < 4.78 is 5.02. The standard InChI is InChI=1S/C17H11N5O2/c1-11-7-13(21-15(10-20)12(8-18)9-19)4-5-14(11)22-17(23)16-3-2-6-24-16/h2-7,21H,1H3,(H,22,23). The Kier molecular flexibility index (Phi) is 4.98. The van der Waals surface area contributed by atoms with Gasteiger partial charge in [0, 0.05) is 11.4 Å². The topological polar surface area (TPSA) is 126 Å². The molecule has 116 valence electrons. The number of hydrogen-bond donors (Lipinski definition) is 2. The van der Waals surface area contributed by atoms with Crippen molar-refractivity contribution in [2.75, 3.05) is 10.6 Å². The van der Waals surface area contributed by atoms with Gasteiger partial charge in [0.25, 0.3) is 5.91 Å². The van der Waals surface area contributed by atoms with Crippen molar-refractivity contribution < 1.29 is 9.21 Å². The number of hydrogen-bond acceptors (Lipinski definition) is 6. The Hall–Kier alpha value is -4.02. The van der Waals surface area contributed by atoms with Crippen LogP contribution >= 0.6 is 0 Å². The molecule has 2 rings (SSSR count). The average molecular weight is 317 g/mol. The summed E-state index contributed by atoms with van der Waals surface area (Å²) >= 11 is 0. The summed E-state index contributed by atoms with van der Waals surface area (Å²) in [6, 6.07) is 13.2. The van der Waals surface area contributed by atoms with Crippen LogP contribution in [-0.2, 0) is 0 Å². The number of nitrogens with one attached hydrogen (secondary N) is 2. The molecule has 1 amide bonds. The Morgan fingerprint density at radius 1 is 1.08 bits per heavy atom. The number of aryl methyl sites for hydroxylation is 1. The van der Waals surface area contributed by atoms with Gasteiger partial charge in [-0.1, -0.05) is 0 Å². The second-order valence-electron chi connectivity index (χ2n) is 4.67. The molecule has 0 atom stereocenters. The van der Waals surface area contributed by atoms with Gasteiger partial charge in [0.2, 0.25) is 0 Å². The highest BCUT2D eigenvalue weighted by molar-refractivity contribution is 6.02. The Labute approximate surface area is 138 Å². The lowest BCUT2D eigenvalue weighted by Gasteiger charge is -2.10. The molecule has 0 aliphatic carbocycles. The van der Waals surface area contributed by atoms with E-state index in [1.807, 2.05) is 0 Å². The van der Waals surface area contributed by atoms with Gasteiger partial charge < -0.3 is 15.1 Å². The van der Waals surface area contributed by atoms with E-state index in [0.717, 1.165) is 5.56 Å². The third-order valence-electron chi connectivity index (χ3n) is 3.07. The summed E-state index contributed by atoms with van der Waals surface area (Å²) in [7, 11) is 0. The summed E-state index contributed by atoms with van der Waals surface area (Å²) in [6.07, 6.45) is 1.41. The first-order valence-corrected chi connectivity index (χ1v) is 6.76. The number of furan rings is 1. The van der Waals surface area contributed by atoms with Crippen LogP contribution < -0.4 is 10.6 Å². The van der Waals surface area contributed by atoms with E-state index in [1.54, 1.807) is 55.5 Å². The number of allylic oxidation sites excluding steroid dienone is 2. The third kappa shape index (κ3) is 3.59. The van der Waals surface area contributed by atoms with E-state index in [4.69, 9.17) is 20.2 Å². The molecule has 1 heterocycles. The van der Waals surface area contributed by atoms with Crippen molar-refractivity contribution in [2.24, 2.45) is 0 Å². The molecule has 24 heavy (non-hydrogen) atoms. The number of carbonyl (C=O) groups is 1. The van der Waals surface area contributed by atoms with Gasteiger partial charge in [-0.3, -0.25) is 4.79 Å². The zero-order valence-electron chi connectivity index (χ0n) is 12.6. The number of anilines is 2. The van der Waals surface area contributed by atoms with Crippen LogP contribution in [-0.4, -0.2) is 5.91 Å². The maximum Gasteiger partial charge on any atom is 0.291 e. The molecular weight excluding hydrogens is 306 g/mol. The van der Waals surface area contributed by atoms with E-state index in [2.05, 4.69) is 10.6 Å². The monoisotopic (exact) mass is 317 g/mol. The Balaban J connectivity index is 2.20. The van der Waals surface area contributed by atoms with E-state index >= 15 is 0 Å². The molecule has 2 N–H and O–H groups in total. The van der Waals surface area contributed by atoms with Gasteiger partial charge in [-0.25, -0.2) is 0 Å². The van der Waals surface area contributed by atoms with Gasteiger partial charge in [-0.05, 0) is 42.8 Å². The zero-order chi connectivity index (χ0) is 17.5. The quantitative estimate of drug-likeness (QED) is 0.834. The van der Waals surface area contributed by atoms with Crippen molar-refractivity contribution in [2.45, 2.75) is 6.92 Å². The lowest BCUT2D eigenvalue weighted by Crippen LogP contribution is -2.12. The third-order valence-corrected chi connectivity index (χ3v) is 3.07. The van der Waals surface area contributed by atoms with Crippen LogP contribution in [0.1, 0.15) is 16.1 Å². The fourth-order valence-electron chi connectivity index (χ4n) is 1.90. The van der Waals surface area contributed by atoms with Crippen LogP contribution in [0.15, 0.2) is 52.3 Å². The number of amides is 1. The predicted molar refractivity (Wildman–Crippen MR) is 85.3 cm³/mol. The molecule has 0 aliphatic heterocycles. The highest BCUT2D eigenvalue weighted by atomic mass is 16.3. The average Bonchev–Trinajstić information content (AvgIpc) is 3.12. The molecule has 0 bridgehead atoms. The highest BCUT2D eigenvalue weighted by Gasteiger charge is 2.11. The fraction of sp³-hybridized carbons (Fsp3) is 0.0588. The summed E-state index contributed by atoms with van der Waals surface area (Å²) in [5, 5.41) is 32.1. The van der Waals surface area contributed by atoms with Crippen molar-refractivity contribution in [3.8, 4) is 18.2 Å². The van der Waals surface area contributed by atoms with Crippen molar-refractivity contribution in [1.82, 2.24) is 0 Å². The van der Waals surface area contributed by atoms with Crippen molar-refractivity contribution in [1.29, 1.82) is 15.8 Å². The van der Waals surface area contributed by atoms with Gasteiger partial charge >= 0.3 is 0 Å². The molecule has 0 saturated carbocycles.